The Morgan fingerprint density at radius 3 is 2.47 bits per heavy atom. The van der Waals surface area contributed by atoms with Gasteiger partial charge in [0.1, 0.15) is 0 Å². The van der Waals surface area contributed by atoms with Crippen LogP contribution >= 0.6 is 0 Å². The Hall–Kier alpha value is -3.55. The van der Waals surface area contributed by atoms with Crippen LogP contribution in [0.3, 0.4) is 0 Å². The fraction of sp³-hybridized carbons (Fsp3) is 0.423. The van der Waals surface area contributed by atoms with Crippen LogP contribution in [0.1, 0.15) is 31.7 Å². The second-order valence-corrected chi connectivity index (χ2v) is 9.08. The van der Waals surface area contributed by atoms with E-state index >= 15 is 0 Å². The van der Waals surface area contributed by atoms with Crippen LogP contribution in [-0.2, 0) is 20.8 Å². The van der Waals surface area contributed by atoms with Crippen LogP contribution in [0.2, 0.25) is 0 Å². The third-order valence-electron chi connectivity index (χ3n) is 6.95. The summed E-state index contributed by atoms with van der Waals surface area (Å²) in [6.07, 6.45) is 2.38. The molecule has 3 aliphatic rings. The van der Waals surface area contributed by atoms with Gasteiger partial charge in [-0.2, -0.15) is 0 Å². The van der Waals surface area contributed by atoms with Crippen molar-refractivity contribution in [3.05, 3.63) is 48.0 Å². The first kappa shape index (κ1) is 22.3. The fourth-order valence-corrected chi connectivity index (χ4v) is 4.87. The molecule has 1 atom stereocenters. The van der Waals surface area contributed by atoms with E-state index in [9.17, 15) is 14.4 Å². The van der Waals surface area contributed by atoms with E-state index in [1.807, 2.05) is 29.2 Å². The molecule has 0 bridgehead atoms. The third-order valence-corrected chi connectivity index (χ3v) is 6.95. The number of carbonyl (C=O) groups is 3. The summed E-state index contributed by atoms with van der Waals surface area (Å²) < 4.78 is 10.7. The second kappa shape index (κ2) is 9.37. The lowest BCUT2D eigenvalue weighted by molar-refractivity contribution is -0.138. The van der Waals surface area contributed by atoms with Crippen LogP contribution in [0.4, 0.5) is 11.4 Å². The Morgan fingerprint density at radius 2 is 1.74 bits per heavy atom. The van der Waals surface area contributed by atoms with E-state index in [0.717, 1.165) is 12.1 Å². The van der Waals surface area contributed by atoms with Gasteiger partial charge in [-0.05, 0) is 49.1 Å². The van der Waals surface area contributed by atoms with Gasteiger partial charge in [0.05, 0.1) is 5.92 Å². The standard InChI is InChI=1S/C26H29N3O5/c1-2-17-3-6-21(7-4-17)29-15-19(13-24(29)30)26(32)28-11-9-18(10-12-28)25(31)27-20-5-8-22-23(14-20)34-16-33-22/h3-8,14,18-19H,2,9-13,15-16H2,1H3,(H,27,31). The number of nitrogens with one attached hydrogen (secondary N) is 1. The van der Waals surface area contributed by atoms with Gasteiger partial charge in [-0.25, -0.2) is 0 Å². The monoisotopic (exact) mass is 463 g/mol. The molecule has 2 aromatic rings. The SMILES string of the molecule is CCc1ccc(N2CC(C(=O)N3CCC(C(=O)Nc4ccc5c(c4)OCO5)CC3)CC2=O)cc1. The van der Waals surface area contributed by atoms with E-state index < -0.39 is 0 Å². The number of hydrogen-bond acceptors (Lipinski definition) is 5. The Balaban J connectivity index is 1.13. The van der Waals surface area contributed by atoms with Gasteiger partial charge in [-0.3, -0.25) is 14.4 Å². The minimum atomic E-state index is -0.336. The number of fused-ring (bicyclic) bond motifs is 1. The summed E-state index contributed by atoms with van der Waals surface area (Å²) >= 11 is 0. The van der Waals surface area contributed by atoms with Crippen molar-refractivity contribution in [2.45, 2.75) is 32.6 Å². The van der Waals surface area contributed by atoms with Crippen LogP contribution in [0.25, 0.3) is 0 Å². The number of amides is 3. The molecule has 2 aromatic carbocycles. The van der Waals surface area contributed by atoms with E-state index in [1.165, 1.54) is 5.56 Å². The van der Waals surface area contributed by atoms with Gasteiger partial charge in [0.25, 0.3) is 0 Å². The van der Waals surface area contributed by atoms with Crippen LogP contribution in [0.15, 0.2) is 42.5 Å². The van der Waals surface area contributed by atoms with Crippen molar-refractivity contribution >= 4 is 29.1 Å². The molecule has 0 saturated carbocycles. The minimum absolute atomic E-state index is 0.00987. The normalized spacial score (nSPS) is 20.0. The van der Waals surface area contributed by atoms with Crippen molar-refractivity contribution < 1.29 is 23.9 Å². The maximum absolute atomic E-state index is 13.1. The number of benzene rings is 2. The molecule has 1 unspecified atom stereocenters. The third kappa shape index (κ3) is 4.44. The quantitative estimate of drug-likeness (QED) is 0.736. The van der Waals surface area contributed by atoms with E-state index in [0.29, 0.717) is 49.7 Å². The van der Waals surface area contributed by atoms with E-state index in [2.05, 4.69) is 12.2 Å². The molecule has 3 aliphatic heterocycles. The maximum Gasteiger partial charge on any atom is 0.231 e. The summed E-state index contributed by atoms with van der Waals surface area (Å²) in [6.45, 7) is 3.74. The van der Waals surface area contributed by atoms with Crippen LogP contribution in [0.5, 0.6) is 11.5 Å². The molecule has 0 spiro atoms. The number of anilines is 2. The molecule has 0 radical (unpaired) electrons. The predicted molar refractivity (Wildman–Crippen MR) is 127 cm³/mol. The van der Waals surface area contributed by atoms with E-state index in [1.54, 1.807) is 23.1 Å². The van der Waals surface area contributed by atoms with Gasteiger partial charge in [-0.15, -0.1) is 0 Å². The molecule has 0 aliphatic carbocycles. The average Bonchev–Trinajstić information content (AvgIpc) is 3.50. The van der Waals surface area contributed by atoms with Crippen molar-refractivity contribution in [3.8, 4) is 11.5 Å². The van der Waals surface area contributed by atoms with Crippen LogP contribution in [-0.4, -0.2) is 49.0 Å². The predicted octanol–water partition coefficient (Wildman–Crippen LogP) is 3.21. The summed E-state index contributed by atoms with van der Waals surface area (Å²) in [6, 6.07) is 13.3. The summed E-state index contributed by atoms with van der Waals surface area (Å²) in [7, 11) is 0. The van der Waals surface area contributed by atoms with Crippen molar-refractivity contribution in [2.75, 3.05) is 36.6 Å². The molecular formula is C26H29N3O5. The number of hydrogen-bond donors (Lipinski definition) is 1. The summed E-state index contributed by atoms with van der Waals surface area (Å²) in [5.41, 5.74) is 2.73. The van der Waals surface area contributed by atoms with E-state index in [4.69, 9.17) is 9.47 Å². The lowest BCUT2D eigenvalue weighted by Crippen LogP contribution is -2.44. The van der Waals surface area contributed by atoms with Gasteiger partial charge in [0.15, 0.2) is 11.5 Å². The number of piperidine rings is 1. The van der Waals surface area contributed by atoms with Gasteiger partial charge in [-0.1, -0.05) is 19.1 Å². The van der Waals surface area contributed by atoms with Crippen molar-refractivity contribution in [1.29, 1.82) is 0 Å². The zero-order chi connectivity index (χ0) is 23.7. The average molecular weight is 464 g/mol. The number of ether oxygens (including phenoxy) is 2. The van der Waals surface area contributed by atoms with Crippen LogP contribution < -0.4 is 19.7 Å². The first-order valence-electron chi connectivity index (χ1n) is 11.9. The maximum atomic E-state index is 13.1. The number of aryl methyl sites for hydroxylation is 1. The van der Waals surface area contributed by atoms with Crippen LogP contribution in [0, 0.1) is 11.8 Å². The molecule has 34 heavy (non-hydrogen) atoms. The lowest BCUT2D eigenvalue weighted by atomic mass is 9.94. The smallest absolute Gasteiger partial charge is 0.231 e. The Kier molecular flexibility index (Phi) is 6.13. The van der Waals surface area contributed by atoms with Crippen molar-refractivity contribution in [2.24, 2.45) is 11.8 Å². The van der Waals surface area contributed by atoms with Gasteiger partial charge < -0.3 is 24.6 Å². The number of carbonyl (C=O) groups excluding carboxylic acids is 3. The van der Waals surface area contributed by atoms with Gasteiger partial charge >= 0.3 is 0 Å². The lowest BCUT2D eigenvalue weighted by Gasteiger charge is -2.33. The number of likely N-dealkylation sites (tertiary alicyclic amines) is 1. The zero-order valence-corrected chi connectivity index (χ0v) is 19.3. The highest BCUT2D eigenvalue weighted by atomic mass is 16.7. The van der Waals surface area contributed by atoms with E-state index in [-0.39, 0.29) is 42.8 Å². The molecule has 5 rings (SSSR count). The van der Waals surface area contributed by atoms with Crippen molar-refractivity contribution in [3.63, 3.8) is 0 Å². The molecule has 178 valence electrons. The number of rotatable bonds is 5. The molecular weight excluding hydrogens is 434 g/mol. The highest BCUT2D eigenvalue weighted by Crippen LogP contribution is 2.34. The molecule has 2 saturated heterocycles. The molecule has 1 N–H and O–H groups in total. The number of nitrogens with zero attached hydrogens (tertiary/aromatic N) is 2. The molecule has 0 aromatic heterocycles. The Morgan fingerprint density at radius 1 is 1.00 bits per heavy atom. The first-order valence-corrected chi connectivity index (χ1v) is 11.9. The molecule has 3 amide bonds. The zero-order valence-electron chi connectivity index (χ0n) is 19.3. The highest BCUT2D eigenvalue weighted by Gasteiger charge is 2.38. The van der Waals surface area contributed by atoms with Gasteiger partial charge in [0.2, 0.25) is 24.5 Å². The molecule has 2 fully saturated rings. The van der Waals surface area contributed by atoms with Crippen molar-refractivity contribution in [1.82, 2.24) is 4.90 Å². The summed E-state index contributed by atoms with van der Waals surface area (Å²) in [4.78, 5) is 42.0. The summed E-state index contributed by atoms with van der Waals surface area (Å²) in [5.74, 6) is 0.747. The largest absolute Gasteiger partial charge is 0.454 e. The fourth-order valence-electron chi connectivity index (χ4n) is 4.87. The minimum Gasteiger partial charge on any atom is -0.454 e. The molecule has 3 heterocycles. The highest BCUT2D eigenvalue weighted by molar-refractivity contribution is 6.00. The Bertz CT molecular complexity index is 1090. The van der Waals surface area contributed by atoms with Gasteiger partial charge in [0, 0.05) is 49.4 Å². The molecule has 8 heteroatoms. The topological polar surface area (TPSA) is 88.2 Å². The summed E-state index contributed by atoms with van der Waals surface area (Å²) in [5, 5.41) is 2.95. The molecule has 8 nitrogen and oxygen atoms in total. The Labute approximate surface area is 198 Å². The first-order chi connectivity index (χ1) is 16.5. The second-order valence-electron chi connectivity index (χ2n) is 9.08.